The standard InChI is InChI=1S/C12H17IN2O/c1-2-3-8-14-9-12(16)15-11-6-4-10(13)5-7-11/h4-7,14H,2-3,8-9H2,1H3,(H,15,16). The number of nitrogens with one attached hydrogen (secondary N) is 2. The smallest absolute Gasteiger partial charge is 0.238 e. The highest BCUT2D eigenvalue weighted by Crippen LogP contribution is 2.10. The van der Waals surface area contributed by atoms with Gasteiger partial charge in [-0.25, -0.2) is 0 Å². The minimum Gasteiger partial charge on any atom is -0.325 e. The van der Waals surface area contributed by atoms with Gasteiger partial charge in [0.15, 0.2) is 0 Å². The molecule has 0 fully saturated rings. The maximum absolute atomic E-state index is 11.5. The fourth-order valence-corrected chi connectivity index (χ4v) is 1.60. The van der Waals surface area contributed by atoms with Crippen LogP contribution in [0.4, 0.5) is 5.69 Å². The molecule has 0 aliphatic rings. The largest absolute Gasteiger partial charge is 0.325 e. The summed E-state index contributed by atoms with van der Waals surface area (Å²) in [7, 11) is 0. The second-order valence-corrected chi connectivity index (χ2v) is 4.83. The van der Waals surface area contributed by atoms with Gasteiger partial charge in [0, 0.05) is 9.26 Å². The van der Waals surface area contributed by atoms with E-state index in [1.807, 2.05) is 24.3 Å². The second kappa shape index (κ2) is 7.62. The summed E-state index contributed by atoms with van der Waals surface area (Å²) in [5.41, 5.74) is 0.850. The van der Waals surface area contributed by atoms with Gasteiger partial charge in [-0.1, -0.05) is 13.3 Å². The van der Waals surface area contributed by atoms with Crippen LogP contribution in [-0.4, -0.2) is 19.0 Å². The van der Waals surface area contributed by atoms with E-state index in [-0.39, 0.29) is 5.91 Å². The van der Waals surface area contributed by atoms with E-state index in [0.717, 1.165) is 28.6 Å². The van der Waals surface area contributed by atoms with E-state index in [2.05, 4.69) is 40.1 Å². The van der Waals surface area contributed by atoms with Crippen molar-refractivity contribution in [3.8, 4) is 0 Å². The molecule has 3 nitrogen and oxygen atoms in total. The zero-order valence-corrected chi connectivity index (χ0v) is 11.6. The highest BCUT2D eigenvalue weighted by molar-refractivity contribution is 14.1. The van der Waals surface area contributed by atoms with Crippen LogP contribution in [0.25, 0.3) is 0 Å². The second-order valence-electron chi connectivity index (χ2n) is 3.59. The van der Waals surface area contributed by atoms with Crippen LogP contribution in [0.3, 0.4) is 0 Å². The van der Waals surface area contributed by atoms with Gasteiger partial charge in [0.05, 0.1) is 6.54 Å². The summed E-state index contributed by atoms with van der Waals surface area (Å²) in [5, 5.41) is 5.95. The SMILES string of the molecule is CCCCNCC(=O)Nc1ccc(I)cc1. The third-order valence-electron chi connectivity index (χ3n) is 2.12. The van der Waals surface area contributed by atoms with Crippen LogP contribution < -0.4 is 10.6 Å². The van der Waals surface area contributed by atoms with Crippen molar-refractivity contribution in [2.45, 2.75) is 19.8 Å². The molecule has 0 heterocycles. The molecule has 0 spiro atoms. The molecule has 0 bridgehead atoms. The molecule has 2 N–H and O–H groups in total. The van der Waals surface area contributed by atoms with Gasteiger partial charge in [0.25, 0.3) is 0 Å². The fourth-order valence-electron chi connectivity index (χ4n) is 1.24. The zero-order chi connectivity index (χ0) is 11.8. The van der Waals surface area contributed by atoms with Crippen molar-refractivity contribution >= 4 is 34.2 Å². The summed E-state index contributed by atoms with van der Waals surface area (Å²) in [6.07, 6.45) is 2.25. The molecule has 1 aromatic rings. The Morgan fingerprint density at radius 2 is 2.00 bits per heavy atom. The van der Waals surface area contributed by atoms with Crippen molar-refractivity contribution in [1.82, 2.24) is 5.32 Å². The molecule has 0 unspecified atom stereocenters. The number of amides is 1. The summed E-state index contributed by atoms with van der Waals surface area (Å²) in [6.45, 7) is 3.41. The van der Waals surface area contributed by atoms with Crippen LogP contribution >= 0.6 is 22.6 Å². The van der Waals surface area contributed by atoms with Crippen LogP contribution in [0.2, 0.25) is 0 Å². The van der Waals surface area contributed by atoms with Crippen LogP contribution in [0.15, 0.2) is 24.3 Å². The Morgan fingerprint density at radius 1 is 1.31 bits per heavy atom. The molecule has 0 saturated carbocycles. The van der Waals surface area contributed by atoms with Gasteiger partial charge in [0.1, 0.15) is 0 Å². The first kappa shape index (κ1) is 13.4. The number of unbranched alkanes of at least 4 members (excludes halogenated alkanes) is 1. The molecule has 16 heavy (non-hydrogen) atoms. The van der Waals surface area contributed by atoms with Crippen molar-refractivity contribution in [3.05, 3.63) is 27.8 Å². The van der Waals surface area contributed by atoms with Gasteiger partial charge in [-0.15, -0.1) is 0 Å². The molecular formula is C12H17IN2O. The summed E-state index contributed by atoms with van der Waals surface area (Å²) in [6, 6.07) is 7.76. The Bertz CT molecular complexity index is 324. The van der Waals surface area contributed by atoms with Gasteiger partial charge in [-0.3, -0.25) is 4.79 Å². The molecular weight excluding hydrogens is 315 g/mol. The number of carbonyl (C=O) groups excluding carboxylic acids is 1. The van der Waals surface area contributed by atoms with E-state index in [9.17, 15) is 4.79 Å². The molecule has 1 amide bonds. The monoisotopic (exact) mass is 332 g/mol. The highest BCUT2D eigenvalue weighted by atomic mass is 127. The van der Waals surface area contributed by atoms with Crippen molar-refractivity contribution in [2.75, 3.05) is 18.4 Å². The Balaban J connectivity index is 2.26. The Morgan fingerprint density at radius 3 is 2.62 bits per heavy atom. The predicted molar refractivity (Wildman–Crippen MR) is 75.6 cm³/mol. The number of hydrogen-bond acceptors (Lipinski definition) is 2. The molecule has 4 heteroatoms. The molecule has 1 rings (SSSR count). The van der Waals surface area contributed by atoms with Crippen LogP contribution in [0.5, 0.6) is 0 Å². The topological polar surface area (TPSA) is 41.1 Å². The van der Waals surface area contributed by atoms with Crippen LogP contribution in [0.1, 0.15) is 19.8 Å². The maximum Gasteiger partial charge on any atom is 0.238 e. The molecule has 1 aromatic carbocycles. The van der Waals surface area contributed by atoms with E-state index >= 15 is 0 Å². The highest BCUT2D eigenvalue weighted by Gasteiger charge is 2.00. The summed E-state index contributed by atoms with van der Waals surface area (Å²) >= 11 is 2.24. The molecule has 0 aliphatic carbocycles. The van der Waals surface area contributed by atoms with Gasteiger partial charge in [-0.05, 0) is 59.8 Å². The molecule has 0 aromatic heterocycles. The van der Waals surface area contributed by atoms with Crippen molar-refractivity contribution < 1.29 is 4.79 Å². The summed E-state index contributed by atoms with van der Waals surface area (Å²) < 4.78 is 1.16. The van der Waals surface area contributed by atoms with E-state index in [0.29, 0.717) is 6.54 Å². The van der Waals surface area contributed by atoms with Crippen molar-refractivity contribution in [1.29, 1.82) is 0 Å². The number of halogens is 1. The molecule has 0 aliphatic heterocycles. The molecule has 0 saturated heterocycles. The first-order chi connectivity index (χ1) is 7.72. The van der Waals surface area contributed by atoms with Gasteiger partial charge >= 0.3 is 0 Å². The lowest BCUT2D eigenvalue weighted by Crippen LogP contribution is -2.28. The lowest BCUT2D eigenvalue weighted by Gasteiger charge is -2.06. The third-order valence-corrected chi connectivity index (χ3v) is 2.84. The van der Waals surface area contributed by atoms with E-state index in [4.69, 9.17) is 0 Å². The van der Waals surface area contributed by atoms with Gasteiger partial charge < -0.3 is 10.6 Å². The first-order valence-corrected chi connectivity index (χ1v) is 6.56. The lowest BCUT2D eigenvalue weighted by atomic mass is 10.3. The summed E-state index contributed by atoms with van der Waals surface area (Å²) in [5.74, 6) is 0.0114. The zero-order valence-electron chi connectivity index (χ0n) is 9.42. The normalized spacial score (nSPS) is 10.1. The number of carbonyl (C=O) groups is 1. The lowest BCUT2D eigenvalue weighted by molar-refractivity contribution is -0.115. The number of anilines is 1. The Kier molecular flexibility index (Phi) is 6.40. The molecule has 0 radical (unpaired) electrons. The predicted octanol–water partition coefficient (Wildman–Crippen LogP) is 2.62. The molecule has 88 valence electrons. The fraction of sp³-hybridized carbons (Fsp3) is 0.417. The minimum absolute atomic E-state index is 0.0114. The Labute approximate surface area is 110 Å². The first-order valence-electron chi connectivity index (χ1n) is 5.48. The summed E-state index contributed by atoms with van der Waals surface area (Å²) in [4.78, 5) is 11.5. The van der Waals surface area contributed by atoms with Crippen molar-refractivity contribution in [3.63, 3.8) is 0 Å². The van der Waals surface area contributed by atoms with E-state index in [1.165, 1.54) is 0 Å². The van der Waals surface area contributed by atoms with Crippen molar-refractivity contribution in [2.24, 2.45) is 0 Å². The maximum atomic E-state index is 11.5. The number of hydrogen-bond donors (Lipinski definition) is 2. The quantitative estimate of drug-likeness (QED) is 0.621. The van der Waals surface area contributed by atoms with Gasteiger partial charge in [0.2, 0.25) is 5.91 Å². The minimum atomic E-state index is 0.0114. The Hall–Kier alpha value is -0.620. The van der Waals surface area contributed by atoms with Gasteiger partial charge in [-0.2, -0.15) is 0 Å². The number of benzene rings is 1. The van der Waals surface area contributed by atoms with Crippen LogP contribution in [0, 0.1) is 3.57 Å². The average molecular weight is 332 g/mol. The van der Waals surface area contributed by atoms with E-state index < -0.39 is 0 Å². The van der Waals surface area contributed by atoms with Crippen LogP contribution in [-0.2, 0) is 4.79 Å². The number of rotatable bonds is 6. The molecule has 0 atom stereocenters. The van der Waals surface area contributed by atoms with E-state index in [1.54, 1.807) is 0 Å². The average Bonchev–Trinajstić information content (AvgIpc) is 2.28. The third kappa shape index (κ3) is 5.46.